The average Bonchev–Trinajstić information content (AvgIpc) is 2.42. The monoisotopic (exact) mass is 302 g/mol. The summed E-state index contributed by atoms with van der Waals surface area (Å²) in [6, 6.07) is 4.52. The van der Waals surface area contributed by atoms with Gasteiger partial charge in [-0.15, -0.1) is 12.4 Å². The molecule has 0 heterocycles. The molecule has 0 aromatic heterocycles. The molecule has 0 aliphatic heterocycles. The standard InChI is InChI=1S/C14H19FN2O2.ClH/c1-19-13-8-9(2-7-12(13)15)14(18)17-11-5-3-10(16)4-6-11;/h2,7-8,10-11H,3-6,16H2,1H3,(H,17,18);1H. The Morgan fingerprint density at radius 1 is 1.35 bits per heavy atom. The van der Waals surface area contributed by atoms with Crippen molar-refractivity contribution in [2.24, 2.45) is 5.73 Å². The van der Waals surface area contributed by atoms with E-state index in [4.69, 9.17) is 10.5 Å². The summed E-state index contributed by atoms with van der Waals surface area (Å²) in [6.45, 7) is 0. The molecule has 4 nitrogen and oxygen atoms in total. The van der Waals surface area contributed by atoms with Gasteiger partial charge < -0.3 is 15.8 Å². The van der Waals surface area contributed by atoms with Gasteiger partial charge >= 0.3 is 0 Å². The van der Waals surface area contributed by atoms with Gasteiger partial charge in [-0.05, 0) is 43.9 Å². The number of methoxy groups -OCH3 is 1. The van der Waals surface area contributed by atoms with Crippen LogP contribution in [0.4, 0.5) is 4.39 Å². The fourth-order valence-electron chi connectivity index (χ4n) is 2.33. The lowest BCUT2D eigenvalue weighted by Gasteiger charge is -2.26. The topological polar surface area (TPSA) is 64.3 Å². The van der Waals surface area contributed by atoms with Crippen molar-refractivity contribution in [3.8, 4) is 5.75 Å². The Balaban J connectivity index is 0.00000200. The van der Waals surface area contributed by atoms with Crippen molar-refractivity contribution in [2.45, 2.75) is 37.8 Å². The number of halogens is 2. The minimum Gasteiger partial charge on any atom is -0.494 e. The van der Waals surface area contributed by atoms with Crippen LogP contribution in [0.25, 0.3) is 0 Å². The number of nitrogens with two attached hydrogens (primary N) is 1. The molecule has 0 saturated heterocycles. The average molecular weight is 303 g/mol. The third-order valence-corrected chi connectivity index (χ3v) is 3.52. The van der Waals surface area contributed by atoms with Gasteiger partial charge in [0.1, 0.15) is 0 Å². The molecule has 1 aromatic carbocycles. The molecule has 2 rings (SSSR count). The minimum absolute atomic E-state index is 0. The largest absolute Gasteiger partial charge is 0.494 e. The molecule has 3 N–H and O–H groups in total. The summed E-state index contributed by atoms with van der Waals surface area (Å²) in [4.78, 5) is 12.1. The van der Waals surface area contributed by atoms with Gasteiger partial charge in [0.25, 0.3) is 5.91 Å². The van der Waals surface area contributed by atoms with E-state index in [1.54, 1.807) is 0 Å². The Morgan fingerprint density at radius 2 is 2.00 bits per heavy atom. The summed E-state index contributed by atoms with van der Waals surface area (Å²) >= 11 is 0. The van der Waals surface area contributed by atoms with Crippen molar-refractivity contribution in [3.05, 3.63) is 29.6 Å². The minimum atomic E-state index is -0.470. The first-order valence-electron chi connectivity index (χ1n) is 6.50. The number of ether oxygens (including phenoxy) is 1. The fraction of sp³-hybridized carbons (Fsp3) is 0.500. The summed E-state index contributed by atoms with van der Waals surface area (Å²) in [7, 11) is 1.38. The van der Waals surface area contributed by atoms with Crippen molar-refractivity contribution < 1.29 is 13.9 Å². The summed E-state index contributed by atoms with van der Waals surface area (Å²) in [6.07, 6.45) is 3.64. The maximum absolute atomic E-state index is 13.3. The zero-order chi connectivity index (χ0) is 13.8. The van der Waals surface area contributed by atoms with Gasteiger partial charge in [0.15, 0.2) is 11.6 Å². The van der Waals surface area contributed by atoms with Gasteiger partial charge in [-0.25, -0.2) is 4.39 Å². The van der Waals surface area contributed by atoms with Gasteiger partial charge in [-0.2, -0.15) is 0 Å². The van der Waals surface area contributed by atoms with Crippen LogP contribution in [0, 0.1) is 5.82 Å². The van der Waals surface area contributed by atoms with Crippen molar-refractivity contribution in [2.75, 3.05) is 7.11 Å². The van der Waals surface area contributed by atoms with E-state index >= 15 is 0 Å². The zero-order valence-corrected chi connectivity index (χ0v) is 12.2. The predicted octanol–water partition coefficient (Wildman–Crippen LogP) is 2.26. The molecule has 1 aliphatic rings. The second-order valence-electron chi connectivity index (χ2n) is 4.93. The van der Waals surface area contributed by atoms with Crippen molar-refractivity contribution in [1.82, 2.24) is 5.32 Å². The molecule has 1 aliphatic carbocycles. The summed E-state index contributed by atoms with van der Waals surface area (Å²) in [5.74, 6) is -0.584. The third-order valence-electron chi connectivity index (χ3n) is 3.52. The van der Waals surface area contributed by atoms with E-state index in [-0.39, 0.29) is 36.1 Å². The van der Waals surface area contributed by atoms with Crippen LogP contribution < -0.4 is 15.8 Å². The molecule has 1 fully saturated rings. The molecule has 1 saturated carbocycles. The van der Waals surface area contributed by atoms with E-state index in [0.717, 1.165) is 25.7 Å². The Bertz CT molecular complexity index is 462. The van der Waals surface area contributed by atoms with Gasteiger partial charge in [0.2, 0.25) is 0 Å². The van der Waals surface area contributed by atoms with Crippen LogP contribution in [0.15, 0.2) is 18.2 Å². The lowest BCUT2D eigenvalue weighted by molar-refractivity contribution is 0.0925. The molecule has 0 spiro atoms. The quantitative estimate of drug-likeness (QED) is 0.900. The normalized spacial score (nSPS) is 21.8. The molecular weight excluding hydrogens is 283 g/mol. The highest BCUT2D eigenvalue weighted by Gasteiger charge is 2.21. The number of benzene rings is 1. The highest BCUT2D eigenvalue weighted by molar-refractivity contribution is 5.94. The van der Waals surface area contributed by atoms with Crippen molar-refractivity contribution in [1.29, 1.82) is 0 Å². The number of nitrogens with one attached hydrogen (secondary N) is 1. The molecule has 1 aromatic rings. The molecule has 0 bridgehead atoms. The Hall–Kier alpha value is -1.33. The molecule has 0 atom stereocenters. The Kier molecular flexibility index (Phi) is 6.23. The molecular formula is C14H20ClFN2O2. The maximum atomic E-state index is 13.3. The lowest BCUT2D eigenvalue weighted by Crippen LogP contribution is -2.40. The second-order valence-corrected chi connectivity index (χ2v) is 4.93. The zero-order valence-electron chi connectivity index (χ0n) is 11.4. The number of carbonyl (C=O) groups is 1. The molecule has 112 valence electrons. The lowest BCUT2D eigenvalue weighted by atomic mass is 9.91. The number of carbonyl (C=O) groups excluding carboxylic acids is 1. The van der Waals surface area contributed by atoms with E-state index in [1.165, 1.54) is 25.3 Å². The summed E-state index contributed by atoms with van der Waals surface area (Å²) in [5.41, 5.74) is 6.23. The van der Waals surface area contributed by atoms with Gasteiger partial charge in [-0.3, -0.25) is 4.79 Å². The third kappa shape index (κ3) is 4.08. The number of amides is 1. The first kappa shape index (κ1) is 16.7. The van der Waals surface area contributed by atoms with E-state index in [2.05, 4.69) is 5.32 Å². The van der Waals surface area contributed by atoms with Crippen molar-refractivity contribution in [3.63, 3.8) is 0 Å². The van der Waals surface area contributed by atoms with E-state index in [1.807, 2.05) is 0 Å². The SMILES string of the molecule is COc1cc(C(=O)NC2CCC(N)CC2)ccc1F.Cl. The molecule has 6 heteroatoms. The summed E-state index contributed by atoms with van der Waals surface area (Å²) in [5, 5.41) is 2.95. The Morgan fingerprint density at radius 3 is 2.60 bits per heavy atom. The van der Waals surface area contributed by atoms with Gasteiger partial charge in [0.05, 0.1) is 7.11 Å². The maximum Gasteiger partial charge on any atom is 0.251 e. The number of hydrogen-bond donors (Lipinski definition) is 2. The van der Waals surface area contributed by atoms with Crippen LogP contribution in [-0.2, 0) is 0 Å². The predicted molar refractivity (Wildman–Crippen MR) is 77.9 cm³/mol. The first-order chi connectivity index (χ1) is 9.10. The fourth-order valence-corrected chi connectivity index (χ4v) is 2.33. The smallest absolute Gasteiger partial charge is 0.251 e. The molecule has 0 radical (unpaired) electrons. The van der Waals surface area contributed by atoms with Crippen LogP contribution in [0.3, 0.4) is 0 Å². The van der Waals surface area contributed by atoms with Crippen molar-refractivity contribution >= 4 is 18.3 Å². The van der Waals surface area contributed by atoms with E-state index in [9.17, 15) is 9.18 Å². The highest BCUT2D eigenvalue weighted by Crippen LogP contribution is 2.20. The van der Waals surface area contributed by atoms with Gasteiger partial charge in [0, 0.05) is 17.6 Å². The first-order valence-corrected chi connectivity index (χ1v) is 6.50. The van der Waals surface area contributed by atoms with Crippen LogP contribution >= 0.6 is 12.4 Å². The van der Waals surface area contributed by atoms with Gasteiger partial charge in [-0.1, -0.05) is 0 Å². The summed E-state index contributed by atoms with van der Waals surface area (Å²) < 4.78 is 18.1. The van der Waals surface area contributed by atoms with E-state index in [0.29, 0.717) is 5.56 Å². The van der Waals surface area contributed by atoms with Crippen LogP contribution in [-0.4, -0.2) is 25.1 Å². The molecule has 1 amide bonds. The van der Waals surface area contributed by atoms with Crippen LogP contribution in [0.1, 0.15) is 36.0 Å². The van der Waals surface area contributed by atoms with Crippen LogP contribution in [0.2, 0.25) is 0 Å². The van der Waals surface area contributed by atoms with E-state index < -0.39 is 5.82 Å². The molecule has 0 unspecified atom stereocenters. The molecule has 20 heavy (non-hydrogen) atoms. The number of hydrogen-bond acceptors (Lipinski definition) is 3. The second kappa shape index (κ2) is 7.45. The number of rotatable bonds is 3. The highest BCUT2D eigenvalue weighted by atomic mass is 35.5. The Labute approximate surface area is 124 Å². The van der Waals surface area contributed by atoms with Crippen LogP contribution in [0.5, 0.6) is 5.75 Å².